The standard InChI is InChI=1S/C9H6BrF2IO/c1-4(14)5-2-3-6(10)7(8(5)13)9(11)12/h2-3,9H,1H3. The zero-order valence-electron chi connectivity index (χ0n) is 7.15. The lowest BCUT2D eigenvalue weighted by molar-refractivity contribution is 0.101. The molecule has 0 aliphatic carbocycles. The Morgan fingerprint density at radius 3 is 2.50 bits per heavy atom. The lowest BCUT2D eigenvalue weighted by Crippen LogP contribution is -2.01. The maximum absolute atomic E-state index is 12.6. The van der Waals surface area contributed by atoms with Gasteiger partial charge in [0.15, 0.2) is 5.78 Å². The molecule has 0 aliphatic heterocycles. The molecule has 0 aliphatic rings. The minimum absolute atomic E-state index is 0.113. The number of rotatable bonds is 2. The molecule has 0 radical (unpaired) electrons. The molecule has 1 aromatic rings. The number of hydrogen-bond donors (Lipinski definition) is 0. The van der Waals surface area contributed by atoms with E-state index in [1.54, 1.807) is 28.7 Å². The summed E-state index contributed by atoms with van der Waals surface area (Å²) in [5, 5.41) is 0. The van der Waals surface area contributed by atoms with E-state index in [9.17, 15) is 13.6 Å². The van der Waals surface area contributed by atoms with Crippen LogP contribution in [0, 0.1) is 3.57 Å². The Morgan fingerprint density at radius 1 is 1.50 bits per heavy atom. The molecule has 5 heteroatoms. The van der Waals surface area contributed by atoms with Gasteiger partial charge in [-0.3, -0.25) is 4.79 Å². The van der Waals surface area contributed by atoms with E-state index in [4.69, 9.17) is 0 Å². The molecule has 0 unspecified atom stereocenters. The van der Waals surface area contributed by atoms with Gasteiger partial charge in [0, 0.05) is 19.2 Å². The van der Waals surface area contributed by atoms with Gasteiger partial charge in [-0.1, -0.05) is 15.9 Å². The predicted octanol–water partition coefficient (Wildman–Crippen LogP) is 4.19. The van der Waals surface area contributed by atoms with Crippen molar-refractivity contribution >= 4 is 44.3 Å². The Balaban J connectivity index is 3.41. The van der Waals surface area contributed by atoms with Gasteiger partial charge in [0.1, 0.15) is 0 Å². The monoisotopic (exact) mass is 374 g/mol. The highest BCUT2D eigenvalue weighted by Gasteiger charge is 2.19. The SMILES string of the molecule is CC(=O)c1ccc(Br)c(C(F)F)c1I. The molecule has 1 nitrogen and oxygen atoms in total. The molecule has 0 aromatic heterocycles. The van der Waals surface area contributed by atoms with E-state index in [1.165, 1.54) is 13.0 Å². The highest BCUT2D eigenvalue weighted by atomic mass is 127. The number of Topliss-reactive ketones (excluding diaryl/α,β-unsaturated/α-hetero) is 1. The van der Waals surface area contributed by atoms with E-state index in [2.05, 4.69) is 15.9 Å². The molecule has 14 heavy (non-hydrogen) atoms. The first kappa shape index (κ1) is 12.0. The number of carbonyl (C=O) groups excluding carboxylic acids is 1. The number of hydrogen-bond acceptors (Lipinski definition) is 1. The third-order valence-electron chi connectivity index (χ3n) is 1.72. The summed E-state index contributed by atoms with van der Waals surface area (Å²) in [4.78, 5) is 11.1. The van der Waals surface area contributed by atoms with E-state index in [0.717, 1.165) is 0 Å². The Bertz CT molecular complexity index is 379. The second-order valence-electron chi connectivity index (χ2n) is 2.68. The predicted molar refractivity (Wildman–Crippen MR) is 61.8 cm³/mol. The molecule has 0 N–H and O–H groups in total. The van der Waals surface area contributed by atoms with Crippen LogP contribution in [0.15, 0.2) is 16.6 Å². The fourth-order valence-electron chi connectivity index (χ4n) is 1.04. The largest absolute Gasteiger partial charge is 0.294 e. The lowest BCUT2D eigenvalue weighted by Gasteiger charge is -2.09. The van der Waals surface area contributed by atoms with Crippen molar-refractivity contribution in [2.24, 2.45) is 0 Å². The summed E-state index contributed by atoms with van der Waals surface area (Å²) in [5.41, 5.74) is 0.224. The van der Waals surface area contributed by atoms with Crippen LogP contribution in [0.1, 0.15) is 29.3 Å². The average Bonchev–Trinajstić information content (AvgIpc) is 2.02. The van der Waals surface area contributed by atoms with Gasteiger partial charge in [-0.25, -0.2) is 8.78 Å². The first-order chi connectivity index (χ1) is 6.45. The lowest BCUT2D eigenvalue weighted by atomic mass is 10.1. The van der Waals surface area contributed by atoms with Crippen molar-refractivity contribution in [3.8, 4) is 0 Å². The second kappa shape index (κ2) is 4.65. The summed E-state index contributed by atoms with van der Waals surface area (Å²) in [6.07, 6.45) is -2.57. The van der Waals surface area contributed by atoms with Gasteiger partial charge in [-0.05, 0) is 41.6 Å². The van der Waals surface area contributed by atoms with Crippen molar-refractivity contribution in [2.45, 2.75) is 13.3 Å². The third-order valence-corrected chi connectivity index (χ3v) is 3.58. The van der Waals surface area contributed by atoms with Crippen LogP contribution in [0.2, 0.25) is 0 Å². The number of alkyl halides is 2. The van der Waals surface area contributed by atoms with Gasteiger partial charge in [0.05, 0.1) is 0 Å². The number of halogens is 4. The van der Waals surface area contributed by atoms with Crippen LogP contribution < -0.4 is 0 Å². The quantitative estimate of drug-likeness (QED) is 0.560. The van der Waals surface area contributed by atoms with Gasteiger partial charge in [-0.2, -0.15) is 0 Å². The first-order valence-electron chi connectivity index (χ1n) is 3.72. The summed E-state index contributed by atoms with van der Waals surface area (Å²) < 4.78 is 25.8. The molecule has 1 rings (SSSR count). The van der Waals surface area contributed by atoms with Gasteiger partial charge in [0.25, 0.3) is 6.43 Å². The maximum atomic E-state index is 12.6. The molecule has 1 aromatic carbocycles. The molecule has 0 bridgehead atoms. The molecule has 0 heterocycles. The van der Waals surface area contributed by atoms with E-state index < -0.39 is 6.43 Å². The van der Waals surface area contributed by atoms with E-state index in [0.29, 0.717) is 13.6 Å². The zero-order valence-corrected chi connectivity index (χ0v) is 10.9. The van der Waals surface area contributed by atoms with Crippen LogP contribution in [0.5, 0.6) is 0 Å². The highest BCUT2D eigenvalue weighted by Crippen LogP contribution is 2.33. The van der Waals surface area contributed by atoms with Crippen molar-refractivity contribution in [1.29, 1.82) is 0 Å². The minimum Gasteiger partial charge on any atom is -0.294 e. The van der Waals surface area contributed by atoms with Gasteiger partial charge in [-0.15, -0.1) is 0 Å². The molecule has 0 saturated carbocycles. The summed E-state index contributed by atoms with van der Waals surface area (Å²) in [7, 11) is 0. The van der Waals surface area contributed by atoms with Gasteiger partial charge < -0.3 is 0 Å². The molecule has 0 spiro atoms. The Labute approximate surface area is 102 Å². The van der Waals surface area contributed by atoms with Crippen LogP contribution >= 0.6 is 38.5 Å². The van der Waals surface area contributed by atoms with E-state index in [-0.39, 0.29) is 11.3 Å². The topological polar surface area (TPSA) is 17.1 Å². The van der Waals surface area contributed by atoms with E-state index >= 15 is 0 Å². The highest BCUT2D eigenvalue weighted by molar-refractivity contribution is 14.1. The van der Waals surface area contributed by atoms with Gasteiger partial charge >= 0.3 is 0 Å². The van der Waals surface area contributed by atoms with Crippen molar-refractivity contribution in [3.63, 3.8) is 0 Å². The zero-order chi connectivity index (χ0) is 10.9. The summed E-state index contributed by atoms with van der Waals surface area (Å²) in [5.74, 6) is -0.205. The van der Waals surface area contributed by atoms with Crippen LogP contribution in [0.4, 0.5) is 8.78 Å². The van der Waals surface area contributed by atoms with Crippen LogP contribution in [0.25, 0.3) is 0 Å². The number of benzene rings is 1. The second-order valence-corrected chi connectivity index (χ2v) is 4.61. The molecule has 0 amide bonds. The molecular formula is C9H6BrF2IO. The third kappa shape index (κ3) is 2.31. The fourth-order valence-corrected chi connectivity index (χ4v) is 3.00. The number of ketones is 1. The molecule has 0 saturated heterocycles. The summed E-state index contributed by atoms with van der Waals surface area (Å²) >= 11 is 4.80. The van der Waals surface area contributed by atoms with Crippen molar-refractivity contribution in [3.05, 3.63) is 31.3 Å². The van der Waals surface area contributed by atoms with Crippen molar-refractivity contribution < 1.29 is 13.6 Å². The van der Waals surface area contributed by atoms with E-state index in [1.807, 2.05) is 0 Å². The smallest absolute Gasteiger partial charge is 0.265 e. The Hall–Kier alpha value is -0.0400. The molecule has 0 fully saturated rings. The van der Waals surface area contributed by atoms with Crippen LogP contribution in [-0.4, -0.2) is 5.78 Å². The van der Waals surface area contributed by atoms with Crippen molar-refractivity contribution in [1.82, 2.24) is 0 Å². The fraction of sp³-hybridized carbons (Fsp3) is 0.222. The van der Waals surface area contributed by atoms with Crippen LogP contribution in [-0.2, 0) is 0 Å². The maximum Gasteiger partial charge on any atom is 0.265 e. The average molecular weight is 375 g/mol. The minimum atomic E-state index is -2.57. The normalized spacial score (nSPS) is 10.7. The van der Waals surface area contributed by atoms with Crippen molar-refractivity contribution in [2.75, 3.05) is 0 Å². The number of carbonyl (C=O) groups is 1. The summed E-state index contributed by atoms with van der Waals surface area (Å²) in [6, 6.07) is 3.01. The first-order valence-corrected chi connectivity index (χ1v) is 5.59. The Kier molecular flexibility index (Phi) is 4.00. The van der Waals surface area contributed by atoms with Gasteiger partial charge in [0.2, 0.25) is 0 Å². The summed E-state index contributed by atoms with van der Waals surface area (Å²) in [6.45, 7) is 1.36. The molecular weight excluding hydrogens is 369 g/mol. The van der Waals surface area contributed by atoms with Crippen LogP contribution in [0.3, 0.4) is 0 Å². The molecule has 0 atom stereocenters. The Morgan fingerprint density at radius 2 is 2.07 bits per heavy atom. The molecule has 76 valence electrons.